The van der Waals surface area contributed by atoms with Crippen LogP contribution in [0.15, 0.2) is 18.5 Å². The van der Waals surface area contributed by atoms with Crippen molar-refractivity contribution in [2.45, 2.75) is 39.3 Å². The second-order valence-electron chi connectivity index (χ2n) is 5.29. The first-order valence-corrected chi connectivity index (χ1v) is 8.97. The van der Waals surface area contributed by atoms with Crippen LogP contribution in [0, 0.1) is 5.92 Å². The molecule has 1 N–H and O–H groups in total. The Morgan fingerprint density at radius 2 is 2.16 bits per heavy atom. The molecule has 2 rings (SSSR count). The highest BCUT2D eigenvalue weighted by Gasteiger charge is 2.32. The normalized spacial score (nSPS) is 17.6. The molecule has 0 spiro atoms. The van der Waals surface area contributed by atoms with Crippen LogP contribution in [0.1, 0.15) is 38.3 Å². The van der Waals surface area contributed by atoms with E-state index in [1.54, 1.807) is 6.92 Å². The molecule has 1 saturated carbocycles. The zero-order valence-corrected chi connectivity index (χ0v) is 12.6. The molecule has 0 radical (unpaired) electrons. The lowest BCUT2D eigenvalue weighted by Crippen LogP contribution is -2.22. The number of nitrogens with one attached hydrogen (secondary N) is 1. The van der Waals surface area contributed by atoms with Gasteiger partial charge in [0.2, 0.25) is 0 Å². The fourth-order valence-electron chi connectivity index (χ4n) is 2.38. The molecule has 1 aromatic rings. The Labute approximate surface area is 116 Å². The molecule has 1 heterocycles. The van der Waals surface area contributed by atoms with Crippen molar-refractivity contribution in [3.05, 3.63) is 24.0 Å². The van der Waals surface area contributed by atoms with Gasteiger partial charge in [0, 0.05) is 30.7 Å². The van der Waals surface area contributed by atoms with Gasteiger partial charge in [-0.05, 0) is 36.9 Å². The quantitative estimate of drug-likeness (QED) is 0.794. The van der Waals surface area contributed by atoms with Crippen LogP contribution in [0.2, 0.25) is 0 Å². The standard InChI is InChI=1S/C14H24N2O2S/c1-3-15-14(12-5-6-12)13-7-8-16(11-13)9-10-19(17,18)4-2/h7-8,11-12,14-15H,3-6,9-10H2,1-2H3. The van der Waals surface area contributed by atoms with Crippen molar-refractivity contribution in [1.29, 1.82) is 0 Å². The van der Waals surface area contributed by atoms with Gasteiger partial charge in [-0.2, -0.15) is 0 Å². The maximum absolute atomic E-state index is 11.5. The summed E-state index contributed by atoms with van der Waals surface area (Å²) in [7, 11) is -2.88. The summed E-state index contributed by atoms with van der Waals surface area (Å²) in [6.07, 6.45) is 6.68. The summed E-state index contributed by atoms with van der Waals surface area (Å²) in [6.45, 7) is 5.35. The third-order valence-electron chi connectivity index (χ3n) is 3.75. The molecule has 108 valence electrons. The third-order valence-corrected chi connectivity index (χ3v) is 5.43. The van der Waals surface area contributed by atoms with Crippen LogP contribution in [0.25, 0.3) is 0 Å². The van der Waals surface area contributed by atoms with E-state index in [4.69, 9.17) is 0 Å². The Hall–Kier alpha value is -0.810. The van der Waals surface area contributed by atoms with Crippen molar-refractivity contribution >= 4 is 9.84 Å². The number of hydrogen-bond donors (Lipinski definition) is 1. The summed E-state index contributed by atoms with van der Waals surface area (Å²) in [4.78, 5) is 0. The van der Waals surface area contributed by atoms with Crippen LogP contribution < -0.4 is 5.32 Å². The maximum Gasteiger partial charge on any atom is 0.151 e. The second kappa shape index (κ2) is 6.09. The molecule has 1 aliphatic carbocycles. The van der Waals surface area contributed by atoms with Gasteiger partial charge in [0.1, 0.15) is 0 Å². The highest BCUT2D eigenvalue weighted by Crippen LogP contribution is 2.40. The van der Waals surface area contributed by atoms with Crippen LogP contribution in [0.4, 0.5) is 0 Å². The first-order chi connectivity index (χ1) is 9.05. The molecule has 0 saturated heterocycles. The van der Waals surface area contributed by atoms with Crippen molar-refractivity contribution in [3.8, 4) is 0 Å². The Morgan fingerprint density at radius 3 is 2.74 bits per heavy atom. The Bertz CT molecular complexity index is 503. The van der Waals surface area contributed by atoms with Gasteiger partial charge in [0.15, 0.2) is 9.84 Å². The molecule has 1 atom stereocenters. The molecule has 0 aliphatic heterocycles. The lowest BCUT2D eigenvalue weighted by molar-refractivity contribution is 0.495. The van der Waals surface area contributed by atoms with Gasteiger partial charge in [-0.25, -0.2) is 8.42 Å². The van der Waals surface area contributed by atoms with Crippen molar-refractivity contribution in [2.24, 2.45) is 5.92 Å². The summed E-state index contributed by atoms with van der Waals surface area (Å²) in [5.41, 5.74) is 1.29. The number of sulfone groups is 1. The number of aryl methyl sites for hydroxylation is 1. The molecule has 4 nitrogen and oxygen atoms in total. The molecular weight excluding hydrogens is 260 g/mol. The summed E-state index contributed by atoms with van der Waals surface area (Å²) in [5, 5.41) is 3.53. The zero-order valence-electron chi connectivity index (χ0n) is 11.8. The van der Waals surface area contributed by atoms with Crippen LogP contribution in [0.3, 0.4) is 0 Å². The molecule has 1 fully saturated rings. The average Bonchev–Trinajstić information content (AvgIpc) is 3.12. The van der Waals surface area contributed by atoms with E-state index in [1.165, 1.54) is 18.4 Å². The van der Waals surface area contributed by atoms with E-state index in [0.717, 1.165) is 12.5 Å². The summed E-state index contributed by atoms with van der Waals surface area (Å²) >= 11 is 0. The molecule has 0 bridgehead atoms. The van der Waals surface area contributed by atoms with Gasteiger partial charge in [-0.1, -0.05) is 13.8 Å². The first-order valence-electron chi connectivity index (χ1n) is 7.15. The molecule has 19 heavy (non-hydrogen) atoms. The van der Waals surface area contributed by atoms with Gasteiger partial charge in [-0.15, -0.1) is 0 Å². The Kier molecular flexibility index (Phi) is 4.68. The minimum atomic E-state index is -2.88. The van der Waals surface area contributed by atoms with E-state index in [0.29, 0.717) is 12.6 Å². The van der Waals surface area contributed by atoms with Crippen molar-refractivity contribution in [2.75, 3.05) is 18.1 Å². The Balaban J connectivity index is 1.98. The molecular formula is C14H24N2O2S. The number of nitrogens with zero attached hydrogens (tertiary/aromatic N) is 1. The van der Waals surface area contributed by atoms with E-state index in [-0.39, 0.29) is 11.5 Å². The van der Waals surface area contributed by atoms with E-state index in [1.807, 2.05) is 10.8 Å². The SMILES string of the molecule is CCNC(c1ccn(CCS(=O)(=O)CC)c1)C1CC1. The minimum Gasteiger partial charge on any atom is -0.353 e. The fourth-order valence-corrected chi connectivity index (χ4v) is 3.16. The molecule has 5 heteroatoms. The van der Waals surface area contributed by atoms with E-state index in [9.17, 15) is 8.42 Å². The van der Waals surface area contributed by atoms with Gasteiger partial charge in [0.25, 0.3) is 0 Å². The average molecular weight is 284 g/mol. The smallest absolute Gasteiger partial charge is 0.151 e. The Morgan fingerprint density at radius 1 is 1.42 bits per heavy atom. The highest BCUT2D eigenvalue weighted by molar-refractivity contribution is 7.91. The summed E-state index contributed by atoms with van der Waals surface area (Å²) < 4.78 is 25.0. The monoisotopic (exact) mass is 284 g/mol. The predicted molar refractivity (Wildman–Crippen MR) is 77.9 cm³/mol. The van der Waals surface area contributed by atoms with Gasteiger partial charge < -0.3 is 9.88 Å². The second-order valence-corrected chi connectivity index (χ2v) is 7.76. The zero-order chi connectivity index (χ0) is 13.9. The lowest BCUT2D eigenvalue weighted by atomic mass is 10.1. The minimum absolute atomic E-state index is 0.225. The number of rotatable bonds is 8. The molecule has 1 aromatic heterocycles. The molecule has 0 aromatic carbocycles. The molecule has 1 aliphatic rings. The first kappa shape index (κ1) is 14.6. The van der Waals surface area contributed by atoms with Crippen LogP contribution in [-0.2, 0) is 16.4 Å². The van der Waals surface area contributed by atoms with E-state index < -0.39 is 9.84 Å². The van der Waals surface area contributed by atoms with Crippen molar-refractivity contribution < 1.29 is 8.42 Å². The molecule has 0 amide bonds. The fraction of sp³-hybridized carbons (Fsp3) is 0.714. The molecule has 1 unspecified atom stereocenters. The largest absolute Gasteiger partial charge is 0.353 e. The third kappa shape index (κ3) is 4.08. The van der Waals surface area contributed by atoms with Crippen LogP contribution in [-0.4, -0.2) is 31.0 Å². The lowest BCUT2D eigenvalue weighted by Gasteiger charge is -2.15. The van der Waals surface area contributed by atoms with Crippen molar-refractivity contribution in [3.63, 3.8) is 0 Å². The highest BCUT2D eigenvalue weighted by atomic mass is 32.2. The van der Waals surface area contributed by atoms with Crippen LogP contribution >= 0.6 is 0 Å². The number of hydrogen-bond acceptors (Lipinski definition) is 3. The maximum atomic E-state index is 11.5. The number of aromatic nitrogens is 1. The summed E-state index contributed by atoms with van der Waals surface area (Å²) in [6, 6.07) is 2.55. The summed E-state index contributed by atoms with van der Waals surface area (Å²) in [5.74, 6) is 1.21. The van der Waals surface area contributed by atoms with Crippen LogP contribution in [0.5, 0.6) is 0 Å². The van der Waals surface area contributed by atoms with E-state index in [2.05, 4.69) is 24.5 Å². The van der Waals surface area contributed by atoms with Gasteiger partial charge in [-0.3, -0.25) is 0 Å². The van der Waals surface area contributed by atoms with Gasteiger partial charge >= 0.3 is 0 Å². The topological polar surface area (TPSA) is 51.1 Å². The van der Waals surface area contributed by atoms with E-state index >= 15 is 0 Å². The van der Waals surface area contributed by atoms with Crippen molar-refractivity contribution in [1.82, 2.24) is 9.88 Å². The van der Waals surface area contributed by atoms with Gasteiger partial charge in [0.05, 0.1) is 5.75 Å². The predicted octanol–water partition coefficient (Wildman–Crippen LogP) is 1.98.